The maximum atomic E-state index is 5.37. The molecule has 3 aromatic rings. The lowest BCUT2D eigenvalue weighted by Gasteiger charge is -2.12. The number of aromatic nitrogens is 3. The summed E-state index contributed by atoms with van der Waals surface area (Å²) in [5.74, 6) is 1.58. The lowest BCUT2D eigenvalue weighted by atomic mass is 10.1. The normalized spacial score (nSPS) is 10.8. The number of imidazole rings is 1. The number of nitrogens with one attached hydrogen (secondary N) is 1. The summed E-state index contributed by atoms with van der Waals surface area (Å²) in [5, 5.41) is 4.08. The molecular weight excluding hydrogens is 320 g/mol. The minimum atomic E-state index is 0.776. The zero-order valence-corrected chi connectivity index (χ0v) is 12.7. The molecule has 0 aliphatic carbocycles. The number of pyridine rings is 1. The van der Waals surface area contributed by atoms with Crippen LogP contribution in [0.25, 0.3) is 16.6 Å². The molecule has 2 heterocycles. The Kier molecular flexibility index (Phi) is 3.31. The highest BCUT2D eigenvalue weighted by Crippen LogP contribution is 2.33. The van der Waals surface area contributed by atoms with E-state index in [1.54, 1.807) is 19.6 Å². The van der Waals surface area contributed by atoms with E-state index in [0.29, 0.717) is 0 Å². The minimum absolute atomic E-state index is 0.776. The Morgan fingerprint density at radius 3 is 2.80 bits per heavy atom. The van der Waals surface area contributed by atoms with Crippen molar-refractivity contribution < 1.29 is 4.74 Å². The van der Waals surface area contributed by atoms with Gasteiger partial charge in [0.05, 0.1) is 29.1 Å². The molecule has 0 unspecified atom stereocenters. The second-order valence-corrected chi connectivity index (χ2v) is 5.10. The molecule has 0 saturated heterocycles. The number of benzene rings is 1. The molecule has 2 aromatic heterocycles. The van der Waals surface area contributed by atoms with Gasteiger partial charge in [-0.2, -0.15) is 0 Å². The van der Waals surface area contributed by atoms with E-state index in [2.05, 4.69) is 31.2 Å². The van der Waals surface area contributed by atoms with Gasteiger partial charge in [0.15, 0.2) is 0 Å². The molecule has 6 heteroatoms. The predicted molar refractivity (Wildman–Crippen MR) is 82.7 cm³/mol. The van der Waals surface area contributed by atoms with Crippen LogP contribution >= 0.6 is 15.9 Å². The first-order chi connectivity index (χ1) is 9.72. The van der Waals surface area contributed by atoms with Crippen LogP contribution in [0.1, 0.15) is 0 Å². The number of fused-ring (bicyclic) bond motifs is 1. The SMILES string of the molecule is CNc1cc(-n2ccnc2)c2cc(OC)c(Br)cc2n1. The second-order valence-electron chi connectivity index (χ2n) is 4.25. The smallest absolute Gasteiger partial charge is 0.133 e. The van der Waals surface area contributed by atoms with Crippen molar-refractivity contribution >= 4 is 32.7 Å². The van der Waals surface area contributed by atoms with Crippen LogP contribution in [0, 0.1) is 0 Å². The number of hydrogen-bond donors (Lipinski definition) is 1. The Morgan fingerprint density at radius 1 is 1.30 bits per heavy atom. The van der Waals surface area contributed by atoms with Crippen LogP contribution in [0.5, 0.6) is 5.75 Å². The number of ether oxygens (including phenoxy) is 1. The van der Waals surface area contributed by atoms with E-state index in [1.807, 2.05) is 36.0 Å². The fourth-order valence-electron chi connectivity index (χ4n) is 2.11. The van der Waals surface area contributed by atoms with Gasteiger partial charge in [-0.1, -0.05) is 0 Å². The molecule has 5 nitrogen and oxygen atoms in total. The van der Waals surface area contributed by atoms with Gasteiger partial charge in [0.25, 0.3) is 0 Å². The molecule has 1 aromatic carbocycles. The molecule has 3 rings (SSSR count). The summed E-state index contributed by atoms with van der Waals surface area (Å²) < 4.78 is 8.20. The fourth-order valence-corrected chi connectivity index (χ4v) is 2.60. The number of anilines is 1. The van der Waals surface area contributed by atoms with E-state index in [4.69, 9.17) is 4.74 Å². The molecule has 0 bridgehead atoms. The van der Waals surface area contributed by atoms with Crippen molar-refractivity contribution in [1.82, 2.24) is 14.5 Å². The van der Waals surface area contributed by atoms with Crippen molar-refractivity contribution in [3.63, 3.8) is 0 Å². The third-order valence-corrected chi connectivity index (χ3v) is 3.72. The van der Waals surface area contributed by atoms with Gasteiger partial charge in [-0.25, -0.2) is 9.97 Å². The largest absolute Gasteiger partial charge is 0.496 e. The Labute approximate surface area is 124 Å². The Balaban J connectivity index is 2.36. The van der Waals surface area contributed by atoms with Crippen LogP contribution in [0.4, 0.5) is 5.82 Å². The van der Waals surface area contributed by atoms with E-state index >= 15 is 0 Å². The molecule has 20 heavy (non-hydrogen) atoms. The average Bonchev–Trinajstić information content (AvgIpc) is 2.99. The Bertz CT molecular complexity index is 755. The van der Waals surface area contributed by atoms with Crippen molar-refractivity contribution in [1.29, 1.82) is 0 Å². The van der Waals surface area contributed by atoms with E-state index in [-0.39, 0.29) is 0 Å². The third-order valence-electron chi connectivity index (χ3n) is 3.10. The van der Waals surface area contributed by atoms with Crippen LogP contribution in [-0.4, -0.2) is 28.7 Å². The van der Waals surface area contributed by atoms with E-state index < -0.39 is 0 Å². The van der Waals surface area contributed by atoms with Gasteiger partial charge in [-0.05, 0) is 28.1 Å². The lowest BCUT2D eigenvalue weighted by molar-refractivity contribution is 0.413. The van der Waals surface area contributed by atoms with Crippen molar-refractivity contribution in [3.05, 3.63) is 41.4 Å². The number of methoxy groups -OCH3 is 1. The van der Waals surface area contributed by atoms with Gasteiger partial charge >= 0.3 is 0 Å². The highest BCUT2D eigenvalue weighted by atomic mass is 79.9. The zero-order valence-electron chi connectivity index (χ0n) is 11.1. The molecule has 0 radical (unpaired) electrons. The van der Waals surface area contributed by atoms with E-state index in [9.17, 15) is 0 Å². The molecule has 0 amide bonds. The fraction of sp³-hybridized carbons (Fsp3) is 0.143. The first-order valence-electron chi connectivity index (χ1n) is 6.07. The molecule has 0 aliphatic heterocycles. The highest BCUT2D eigenvalue weighted by molar-refractivity contribution is 9.10. The van der Waals surface area contributed by atoms with Crippen LogP contribution in [0.2, 0.25) is 0 Å². The lowest BCUT2D eigenvalue weighted by Crippen LogP contribution is -1.99. The topological polar surface area (TPSA) is 52.0 Å². The summed E-state index contributed by atoms with van der Waals surface area (Å²) in [6, 6.07) is 5.91. The Hall–Kier alpha value is -2.08. The van der Waals surface area contributed by atoms with Crippen LogP contribution in [0.15, 0.2) is 41.4 Å². The van der Waals surface area contributed by atoms with Crippen molar-refractivity contribution in [2.45, 2.75) is 0 Å². The van der Waals surface area contributed by atoms with Crippen LogP contribution in [-0.2, 0) is 0 Å². The van der Waals surface area contributed by atoms with Gasteiger partial charge in [0.1, 0.15) is 11.6 Å². The molecule has 0 fully saturated rings. The number of rotatable bonds is 3. The molecule has 0 atom stereocenters. The number of nitrogens with zero attached hydrogens (tertiary/aromatic N) is 3. The maximum absolute atomic E-state index is 5.37. The zero-order chi connectivity index (χ0) is 14.1. The third kappa shape index (κ3) is 2.12. The first kappa shape index (κ1) is 12.9. The molecular formula is C14H13BrN4O. The molecule has 0 spiro atoms. The standard InChI is InChI=1S/C14H13BrN4O/c1-16-14-7-12(19-4-3-17-8-19)9-5-13(20-2)10(15)6-11(9)18-14/h3-8H,1-2H3,(H,16,18). The minimum Gasteiger partial charge on any atom is -0.496 e. The number of halogens is 1. The van der Waals surface area contributed by atoms with E-state index in [0.717, 1.165) is 32.6 Å². The highest BCUT2D eigenvalue weighted by Gasteiger charge is 2.11. The number of hydrogen-bond acceptors (Lipinski definition) is 4. The van der Waals surface area contributed by atoms with Crippen molar-refractivity contribution in [2.24, 2.45) is 0 Å². The maximum Gasteiger partial charge on any atom is 0.133 e. The summed E-state index contributed by atoms with van der Waals surface area (Å²) in [5.41, 5.74) is 1.89. The second kappa shape index (κ2) is 5.13. The average molecular weight is 333 g/mol. The monoisotopic (exact) mass is 332 g/mol. The van der Waals surface area contributed by atoms with Gasteiger partial charge < -0.3 is 14.6 Å². The summed E-state index contributed by atoms with van der Waals surface area (Å²) in [7, 11) is 3.50. The summed E-state index contributed by atoms with van der Waals surface area (Å²) >= 11 is 3.49. The summed E-state index contributed by atoms with van der Waals surface area (Å²) in [6.45, 7) is 0. The molecule has 0 aliphatic rings. The van der Waals surface area contributed by atoms with Gasteiger partial charge in [-0.15, -0.1) is 0 Å². The van der Waals surface area contributed by atoms with Crippen molar-refractivity contribution in [3.8, 4) is 11.4 Å². The van der Waals surface area contributed by atoms with Crippen LogP contribution in [0.3, 0.4) is 0 Å². The summed E-state index contributed by atoms with van der Waals surface area (Å²) in [6.07, 6.45) is 5.42. The summed E-state index contributed by atoms with van der Waals surface area (Å²) in [4.78, 5) is 8.67. The van der Waals surface area contributed by atoms with Crippen molar-refractivity contribution in [2.75, 3.05) is 19.5 Å². The van der Waals surface area contributed by atoms with Gasteiger partial charge in [-0.3, -0.25) is 0 Å². The molecule has 0 saturated carbocycles. The molecule has 1 N–H and O–H groups in total. The first-order valence-corrected chi connectivity index (χ1v) is 6.86. The molecule has 102 valence electrons. The van der Waals surface area contributed by atoms with E-state index in [1.165, 1.54) is 0 Å². The quantitative estimate of drug-likeness (QED) is 0.800. The van der Waals surface area contributed by atoms with Gasteiger partial charge in [0, 0.05) is 30.9 Å². The van der Waals surface area contributed by atoms with Gasteiger partial charge in [0.2, 0.25) is 0 Å². The predicted octanol–water partition coefficient (Wildman–Crippen LogP) is 3.23. The Morgan fingerprint density at radius 2 is 2.15 bits per heavy atom. The van der Waals surface area contributed by atoms with Crippen LogP contribution < -0.4 is 10.1 Å².